The van der Waals surface area contributed by atoms with E-state index >= 15 is 0 Å². The van der Waals surface area contributed by atoms with E-state index in [1.165, 1.54) is 6.26 Å². The molecule has 2 rings (SSSR count). The highest BCUT2D eigenvalue weighted by Gasteiger charge is 2.12. The zero-order valence-corrected chi connectivity index (χ0v) is 8.98. The van der Waals surface area contributed by atoms with Gasteiger partial charge in [0.1, 0.15) is 6.61 Å². The van der Waals surface area contributed by atoms with Gasteiger partial charge in [-0.2, -0.15) is 0 Å². The summed E-state index contributed by atoms with van der Waals surface area (Å²) in [5.74, 6) is 1.57. The molecule has 0 spiro atoms. The van der Waals surface area contributed by atoms with Crippen LogP contribution in [0.5, 0.6) is 11.5 Å². The highest BCUT2D eigenvalue weighted by Crippen LogP contribution is 2.32. The molecule has 0 saturated heterocycles. The van der Waals surface area contributed by atoms with Crippen LogP contribution in [0.25, 0.3) is 0 Å². The van der Waals surface area contributed by atoms with Gasteiger partial charge >= 0.3 is 0 Å². The fourth-order valence-electron chi connectivity index (χ4n) is 1.41. The van der Waals surface area contributed by atoms with Crippen LogP contribution in [-0.2, 0) is 16.1 Å². The predicted molar refractivity (Wildman–Crippen MR) is 58.4 cm³/mol. The third-order valence-corrected chi connectivity index (χ3v) is 2.17. The van der Waals surface area contributed by atoms with Crippen molar-refractivity contribution in [2.75, 3.05) is 20.0 Å². The average molecular weight is 222 g/mol. The standard InChI is InChI=1S/C12H14O4/c1-2-13-5-6-14-8-10-3-4-11-12(7-10)16-9-15-11/h2-4,7H,1,5-6,8-9H2. The molecule has 1 aliphatic heterocycles. The molecule has 0 bridgehead atoms. The summed E-state index contributed by atoms with van der Waals surface area (Å²) in [7, 11) is 0. The Morgan fingerprint density at radius 3 is 3.00 bits per heavy atom. The van der Waals surface area contributed by atoms with Crippen LogP contribution in [0.4, 0.5) is 0 Å². The van der Waals surface area contributed by atoms with Crippen molar-refractivity contribution in [1.82, 2.24) is 0 Å². The summed E-state index contributed by atoms with van der Waals surface area (Å²) in [5.41, 5.74) is 1.06. The van der Waals surface area contributed by atoms with E-state index in [9.17, 15) is 0 Å². The van der Waals surface area contributed by atoms with Gasteiger partial charge in [0.15, 0.2) is 11.5 Å². The smallest absolute Gasteiger partial charge is 0.231 e. The van der Waals surface area contributed by atoms with E-state index < -0.39 is 0 Å². The Kier molecular flexibility index (Phi) is 3.66. The van der Waals surface area contributed by atoms with Crippen molar-refractivity contribution >= 4 is 0 Å². The first-order valence-corrected chi connectivity index (χ1v) is 5.09. The Morgan fingerprint density at radius 2 is 2.12 bits per heavy atom. The van der Waals surface area contributed by atoms with Crippen LogP contribution < -0.4 is 9.47 Å². The molecule has 0 fully saturated rings. The Bertz CT molecular complexity index is 362. The van der Waals surface area contributed by atoms with Crippen molar-refractivity contribution in [1.29, 1.82) is 0 Å². The van der Waals surface area contributed by atoms with Gasteiger partial charge in [-0.25, -0.2) is 0 Å². The van der Waals surface area contributed by atoms with Crippen molar-refractivity contribution in [2.24, 2.45) is 0 Å². The predicted octanol–water partition coefficient (Wildman–Crippen LogP) is 2.09. The van der Waals surface area contributed by atoms with Crippen LogP contribution in [0.3, 0.4) is 0 Å². The van der Waals surface area contributed by atoms with Crippen LogP contribution in [0, 0.1) is 0 Å². The molecule has 0 radical (unpaired) electrons. The molecule has 86 valence electrons. The lowest BCUT2D eigenvalue weighted by Gasteiger charge is -2.05. The molecule has 1 aromatic rings. The lowest BCUT2D eigenvalue weighted by molar-refractivity contribution is 0.0749. The first kappa shape index (κ1) is 10.8. The van der Waals surface area contributed by atoms with Crippen molar-refractivity contribution in [3.8, 4) is 11.5 Å². The number of hydrogen-bond acceptors (Lipinski definition) is 4. The third-order valence-electron chi connectivity index (χ3n) is 2.17. The Labute approximate surface area is 94.4 Å². The minimum absolute atomic E-state index is 0.298. The monoisotopic (exact) mass is 222 g/mol. The molecule has 16 heavy (non-hydrogen) atoms. The molecule has 0 unspecified atom stereocenters. The molecular formula is C12H14O4. The van der Waals surface area contributed by atoms with Gasteiger partial charge in [-0.05, 0) is 17.7 Å². The SMILES string of the molecule is C=COCCOCc1ccc2c(c1)OCO2. The van der Waals surface area contributed by atoms with Crippen LogP contribution in [0.2, 0.25) is 0 Å². The molecule has 0 atom stereocenters. The molecule has 0 amide bonds. The minimum Gasteiger partial charge on any atom is -0.499 e. The van der Waals surface area contributed by atoms with Crippen molar-refractivity contribution in [3.63, 3.8) is 0 Å². The Balaban J connectivity index is 1.79. The second-order valence-electron chi connectivity index (χ2n) is 3.28. The maximum atomic E-state index is 5.41. The first-order valence-electron chi connectivity index (χ1n) is 5.09. The number of fused-ring (bicyclic) bond motifs is 1. The summed E-state index contributed by atoms with van der Waals surface area (Å²) in [6.07, 6.45) is 1.41. The van der Waals surface area contributed by atoms with Crippen molar-refractivity contribution in [3.05, 3.63) is 36.6 Å². The minimum atomic E-state index is 0.298. The number of ether oxygens (including phenoxy) is 4. The normalized spacial score (nSPS) is 12.5. The maximum Gasteiger partial charge on any atom is 0.231 e. The van der Waals surface area contributed by atoms with Crippen molar-refractivity contribution < 1.29 is 18.9 Å². The van der Waals surface area contributed by atoms with Crippen LogP contribution >= 0.6 is 0 Å². The van der Waals surface area contributed by atoms with E-state index in [2.05, 4.69) is 6.58 Å². The van der Waals surface area contributed by atoms with Gasteiger partial charge in [0.2, 0.25) is 6.79 Å². The second-order valence-corrected chi connectivity index (χ2v) is 3.28. The van der Waals surface area contributed by atoms with Gasteiger partial charge in [-0.3, -0.25) is 0 Å². The molecule has 1 aliphatic rings. The highest BCUT2D eigenvalue weighted by atomic mass is 16.7. The molecule has 4 heteroatoms. The summed E-state index contributed by atoms with van der Waals surface area (Å²) >= 11 is 0. The lowest BCUT2D eigenvalue weighted by atomic mass is 10.2. The zero-order valence-electron chi connectivity index (χ0n) is 8.98. The van der Waals surface area contributed by atoms with E-state index in [4.69, 9.17) is 18.9 Å². The van der Waals surface area contributed by atoms with Crippen LogP contribution in [-0.4, -0.2) is 20.0 Å². The maximum absolute atomic E-state index is 5.41. The fourth-order valence-corrected chi connectivity index (χ4v) is 1.41. The van der Waals surface area contributed by atoms with Crippen LogP contribution in [0.15, 0.2) is 31.0 Å². The molecule has 0 N–H and O–H groups in total. The third kappa shape index (κ3) is 2.67. The topological polar surface area (TPSA) is 36.9 Å². The van der Waals surface area contributed by atoms with Gasteiger partial charge in [0.25, 0.3) is 0 Å². The summed E-state index contributed by atoms with van der Waals surface area (Å²) in [6.45, 7) is 5.35. The molecule has 1 aromatic carbocycles. The Morgan fingerprint density at radius 1 is 1.25 bits per heavy atom. The first-order chi connectivity index (χ1) is 7.90. The Hall–Kier alpha value is -1.68. The lowest BCUT2D eigenvalue weighted by Crippen LogP contribution is -2.01. The van der Waals surface area contributed by atoms with Crippen LogP contribution in [0.1, 0.15) is 5.56 Å². The molecule has 4 nitrogen and oxygen atoms in total. The summed E-state index contributed by atoms with van der Waals surface area (Å²) in [6, 6.07) is 5.78. The van der Waals surface area contributed by atoms with Gasteiger partial charge < -0.3 is 18.9 Å². The average Bonchev–Trinajstić information content (AvgIpc) is 2.76. The molecular weight excluding hydrogens is 208 g/mol. The number of benzene rings is 1. The summed E-state index contributed by atoms with van der Waals surface area (Å²) in [4.78, 5) is 0. The molecule has 0 saturated carbocycles. The summed E-state index contributed by atoms with van der Waals surface area (Å²) < 4.78 is 20.8. The number of rotatable bonds is 6. The molecule has 1 heterocycles. The van der Waals surface area contributed by atoms with E-state index in [0.29, 0.717) is 26.6 Å². The van der Waals surface area contributed by atoms with E-state index in [1.54, 1.807) is 0 Å². The fraction of sp³-hybridized carbons (Fsp3) is 0.333. The van der Waals surface area contributed by atoms with E-state index in [1.807, 2.05) is 18.2 Å². The molecule has 0 aromatic heterocycles. The van der Waals surface area contributed by atoms with Crippen molar-refractivity contribution in [2.45, 2.75) is 6.61 Å². The van der Waals surface area contributed by atoms with E-state index in [-0.39, 0.29) is 0 Å². The van der Waals surface area contributed by atoms with Gasteiger partial charge in [-0.15, -0.1) is 0 Å². The number of hydrogen-bond donors (Lipinski definition) is 0. The van der Waals surface area contributed by atoms with Gasteiger partial charge in [-0.1, -0.05) is 12.6 Å². The van der Waals surface area contributed by atoms with E-state index in [0.717, 1.165) is 17.1 Å². The van der Waals surface area contributed by atoms with Gasteiger partial charge in [0, 0.05) is 0 Å². The largest absolute Gasteiger partial charge is 0.499 e. The second kappa shape index (κ2) is 5.42. The van der Waals surface area contributed by atoms with Gasteiger partial charge in [0.05, 0.1) is 19.5 Å². The zero-order chi connectivity index (χ0) is 11.2. The quantitative estimate of drug-likeness (QED) is 0.545. The molecule has 0 aliphatic carbocycles. The highest BCUT2D eigenvalue weighted by molar-refractivity contribution is 5.44. The summed E-state index contributed by atoms with van der Waals surface area (Å²) in [5, 5.41) is 0.